The molecule has 2 rings (SSSR count). The number of nitrogens with two attached hydrogens (primary N) is 1. The van der Waals surface area contributed by atoms with Crippen LogP contribution in [0.1, 0.15) is 6.23 Å². The van der Waals surface area contributed by atoms with Crippen LogP contribution in [0.5, 0.6) is 0 Å². The minimum Gasteiger partial charge on any atom is -0.479 e. The van der Waals surface area contributed by atoms with Crippen molar-refractivity contribution in [2.45, 2.75) is 42.7 Å². The highest BCUT2D eigenvalue weighted by Gasteiger charge is 2.49. The number of aliphatic hydroxyl groups is 4. The molecule has 1 aromatic heterocycles. The summed E-state index contributed by atoms with van der Waals surface area (Å²) in [5, 5.41) is 52.7. The lowest BCUT2D eigenvalue weighted by molar-refractivity contribution is -0.221. The summed E-state index contributed by atoms with van der Waals surface area (Å²) < 4.78 is 6.03. The van der Waals surface area contributed by atoms with Crippen LogP contribution in [0.3, 0.4) is 0 Å². The van der Waals surface area contributed by atoms with Crippen molar-refractivity contribution in [2.24, 2.45) is 5.73 Å². The Balaban J connectivity index is 2.22. The monoisotopic (exact) mass is 445 g/mol. The third kappa shape index (κ3) is 5.40. The normalized spacial score (nSPS) is 27.7. The van der Waals surface area contributed by atoms with E-state index in [0.29, 0.717) is 0 Å². The van der Waals surface area contributed by atoms with Crippen LogP contribution in [0.4, 0.5) is 0 Å². The average molecular weight is 445 g/mol. The maximum absolute atomic E-state index is 12.4. The van der Waals surface area contributed by atoms with Crippen molar-refractivity contribution in [1.29, 1.82) is 0 Å². The van der Waals surface area contributed by atoms with E-state index >= 15 is 0 Å². The number of aromatic nitrogens is 2. The summed E-state index contributed by atoms with van der Waals surface area (Å²) in [6, 6.07) is -3.39. The predicted molar refractivity (Wildman–Crippen MR) is 98.1 cm³/mol. The van der Waals surface area contributed by atoms with Crippen molar-refractivity contribution in [3.8, 4) is 0 Å². The van der Waals surface area contributed by atoms with Gasteiger partial charge in [0.1, 0.15) is 24.3 Å². The van der Waals surface area contributed by atoms with Gasteiger partial charge in [-0.2, -0.15) is 0 Å². The lowest BCUT2D eigenvalue weighted by Crippen LogP contribution is -2.66. The van der Waals surface area contributed by atoms with E-state index in [1.165, 1.54) is 6.07 Å². The number of hydrogen-bond acceptors (Lipinski definition) is 11. The zero-order valence-corrected chi connectivity index (χ0v) is 15.9. The zero-order chi connectivity index (χ0) is 23.3. The van der Waals surface area contributed by atoms with Gasteiger partial charge in [-0.3, -0.25) is 14.2 Å². The molecule has 2 heterocycles. The number of carboxylic acids is 1. The van der Waals surface area contributed by atoms with Crippen molar-refractivity contribution in [1.82, 2.24) is 20.2 Å². The van der Waals surface area contributed by atoms with Gasteiger partial charge in [-0.1, -0.05) is 0 Å². The van der Waals surface area contributed by atoms with Crippen LogP contribution in [0.25, 0.3) is 0 Å². The van der Waals surface area contributed by atoms with Gasteiger partial charge in [-0.15, -0.1) is 0 Å². The second-order valence-corrected chi connectivity index (χ2v) is 6.64. The number of carbonyl (C=O) groups is 3. The van der Waals surface area contributed by atoms with Crippen LogP contribution in [0, 0.1) is 0 Å². The lowest BCUT2D eigenvalue weighted by Gasteiger charge is -2.42. The van der Waals surface area contributed by atoms with Gasteiger partial charge in [-0.25, -0.2) is 14.6 Å². The van der Waals surface area contributed by atoms with Crippen molar-refractivity contribution in [3.05, 3.63) is 28.9 Å². The van der Waals surface area contributed by atoms with Gasteiger partial charge in [0.05, 0.1) is 19.3 Å². The fraction of sp³-hybridized carbons (Fsp3) is 0.562. The van der Waals surface area contributed by atoms with Gasteiger partial charge in [0.2, 0.25) is 11.8 Å². The van der Waals surface area contributed by atoms with Crippen molar-refractivity contribution in [3.63, 3.8) is 0 Å². The molecular weight excluding hydrogens is 422 g/mol. The minimum absolute atomic E-state index is 0.733. The van der Waals surface area contributed by atoms with Gasteiger partial charge in [0.15, 0.2) is 12.3 Å². The Bertz CT molecular complexity index is 863. The summed E-state index contributed by atoms with van der Waals surface area (Å²) >= 11 is 0. The van der Waals surface area contributed by atoms with E-state index in [9.17, 15) is 39.6 Å². The summed E-state index contributed by atoms with van der Waals surface area (Å²) in [6.07, 6.45) is -5.00. The van der Waals surface area contributed by atoms with Gasteiger partial charge >= 0.3 is 11.7 Å². The van der Waals surface area contributed by atoms with Crippen LogP contribution in [-0.4, -0.2) is 103 Å². The first-order chi connectivity index (χ1) is 14.6. The first-order valence-electron chi connectivity index (χ1n) is 8.98. The Labute approximate surface area is 174 Å². The Morgan fingerprint density at radius 2 is 1.87 bits per heavy atom. The number of aliphatic hydroxyl groups excluding tert-OH is 4. The Morgan fingerprint density at radius 3 is 2.42 bits per heavy atom. The first-order valence-corrected chi connectivity index (χ1v) is 8.98. The summed E-state index contributed by atoms with van der Waals surface area (Å²) in [7, 11) is 0. The number of nitrogens with zero attached hydrogens (tertiary/aromatic N) is 2. The molecule has 15 heteroatoms. The Kier molecular flexibility index (Phi) is 8.14. The maximum Gasteiger partial charge on any atom is 0.349 e. The Hall–Kier alpha value is -2.95. The molecule has 172 valence electrons. The van der Waals surface area contributed by atoms with E-state index in [1.807, 2.05) is 5.32 Å². The van der Waals surface area contributed by atoms with Crippen molar-refractivity contribution >= 4 is 17.8 Å². The topological polar surface area (TPSA) is 247 Å². The summed E-state index contributed by atoms with van der Waals surface area (Å²) in [5.41, 5.74) is 4.43. The average Bonchev–Trinajstić information content (AvgIpc) is 2.74. The number of carbonyl (C=O) groups excluding carboxylic acids is 2. The molecule has 7 unspecified atom stereocenters. The van der Waals surface area contributed by atoms with Gasteiger partial charge in [0, 0.05) is 12.4 Å². The first kappa shape index (κ1) is 24.3. The van der Waals surface area contributed by atoms with E-state index in [1.54, 1.807) is 0 Å². The van der Waals surface area contributed by atoms with E-state index in [0.717, 1.165) is 17.0 Å². The number of amides is 2. The molecule has 1 fully saturated rings. The maximum atomic E-state index is 12.4. The molecule has 31 heavy (non-hydrogen) atoms. The van der Waals surface area contributed by atoms with E-state index in [2.05, 4.69) is 10.3 Å². The second-order valence-electron chi connectivity index (χ2n) is 6.64. The van der Waals surface area contributed by atoms with Crippen LogP contribution in [0.15, 0.2) is 23.3 Å². The molecule has 1 aliphatic rings. The fourth-order valence-electron chi connectivity index (χ4n) is 2.86. The summed E-state index contributed by atoms with van der Waals surface area (Å²) in [5.74, 6) is -3.72. The summed E-state index contributed by atoms with van der Waals surface area (Å²) in [4.78, 5) is 51.2. The van der Waals surface area contributed by atoms with Crippen molar-refractivity contribution in [2.75, 3.05) is 13.2 Å². The van der Waals surface area contributed by atoms with E-state index in [4.69, 9.17) is 15.6 Å². The number of aliphatic carboxylic acids is 1. The third-order valence-electron chi connectivity index (χ3n) is 4.54. The molecule has 2 amide bonds. The van der Waals surface area contributed by atoms with Crippen LogP contribution < -0.4 is 22.1 Å². The minimum atomic E-state index is -1.93. The SMILES string of the molecule is NC(CO)C(=O)NC(CO)C(=O)NC1C(C(=O)O)OC(n2cccnc2=O)C(O)C1O. The molecule has 15 nitrogen and oxygen atoms in total. The van der Waals surface area contributed by atoms with E-state index < -0.39 is 79.4 Å². The number of rotatable bonds is 8. The molecule has 1 aromatic rings. The quantitative estimate of drug-likeness (QED) is 0.186. The van der Waals surface area contributed by atoms with Gasteiger partial charge in [-0.05, 0) is 6.07 Å². The lowest BCUT2D eigenvalue weighted by atomic mass is 9.94. The van der Waals surface area contributed by atoms with Crippen LogP contribution >= 0.6 is 0 Å². The molecule has 0 aliphatic carbocycles. The third-order valence-corrected chi connectivity index (χ3v) is 4.54. The van der Waals surface area contributed by atoms with Gasteiger partial charge in [0.25, 0.3) is 0 Å². The molecule has 1 saturated heterocycles. The molecule has 0 spiro atoms. The number of nitrogens with one attached hydrogen (secondary N) is 2. The molecule has 9 N–H and O–H groups in total. The second kappa shape index (κ2) is 10.4. The molecule has 0 radical (unpaired) electrons. The van der Waals surface area contributed by atoms with Gasteiger partial charge < -0.3 is 46.6 Å². The molecule has 1 aliphatic heterocycles. The molecule has 0 saturated carbocycles. The van der Waals surface area contributed by atoms with Crippen LogP contribution in [-0.2, 0) is 19.1 Å². The molecular formula is C16H23N5O10. The standard InChI is InChI=1S/C16H23N5O10/c17-6(4-22)12(26)19-7(5-23)13(27)20-8-9(24)10(25)14(31-11(8)15(28)29)21-3-1-2-18-16(21)30/h1-3,6-11,14,22-25H,4-5,17H2,(H,19,26)(H,20,27)(H,28,29). The molecule has 0 bridgehead atoms. The smallest absolute Gasteiger partial charge is 0.349 e. The highest BCUT2D eigenvalue weighted by Crippen LogP contribution is 2.27. The number of ether oxygens (including phenoxy) is 1. The number of carboxylic acid groups (broad SMARTS) is 1. The molecule has 0 aromatic carbocycles. The largest absolute Gasteiger partial charge is 0.479 e. The van der Waals surface area contributed by atoms with Crippen LogP contribution in [0.2, 0.25) is 0 Å². The fourth-order valence-corrected chi connectivity index (χ4v) is 2.86. The predicted octanol–water partition coefficient (Wildman–Crippen LogP) is -5.77. The number of hydrogen-bond donors (Lipinski definition) is 8. The Morgan fingerprint density at radius 1 is 1.19 bits per heavy atom. The highest BCUT2D eigenvalue weighted by molar-refractivity contribution is 5.90. The summed E-state index contributed by atoms with van der Waals surface area (Å²) in [6.45, 7) is -1.66. The highest BCUT2D eigenvalue weighted by atomic mass is 16.6. The zero-order valence-electron chi connectivity index (χ0n) is 15.9. The van der Waals surface area contributed by atoms with E-state index in [-0.39, 0.29) is 0 Å². The van der Waals surface area contributed by atoms with Crippen molar-refractivity contribution < 1.29 is 44.7 Å². The molecule has 7 atom stereocenters.